The molecule has 0 aliphatic heterocycles. The Morgan fingerprint density at radius 2 is 1.14 bits per heavy atom. The summed E-state index contributed by atoms with van der Waals surface area (Å²) in [4.78, 5) is 10.6. The van der Waals surface area contributed by atoms with Crippen molar-refractivity contribution in [1.29, 1.82) is 0 Å². The second-order valence-corrected chi connectivity index (χ2v) is 13.9. The van der Waals surface area contributed by atoms with Gasteiger partial charge in [0.15, 0.2) is 5.82 Å². The Morgan fingerprint density at radius 3 is 1.80 bits per heavy atom. The maximum atomic E-state index is 5.31. The topological polar surface area (TPSA) is 25.8 Å². The predicted octanol–water partition coefficient (Wildman–Crippen LogP) is 11.4. The van der Waals surface area contributed by atoms with Crippen molar-refractivity contribution in [3.63, 3.8) is 0 Å². The van der Waals surface area contributed by atoms with Crippen molar-refractivity contribution in [3.05, 3.63) is 191 Å². The molecule has 0 spiro atoms. The van der Waals surface area contributed by atoms with Crippen LogP contribution in [0.15, 0.2) is 164 Å². The molecule has 0 amide bonds. The molecule has 3 heteroatoms. The molecule has 0 bridgehead atoms. The van der Waals surface area contributed by atoms with E-state index < -0.39 is 0 Å². The molecule has 2 nitrogen and oxygen atoms in total. The number of hydrogen-bond donors (Lipinski definition) is 0. The normalized spacial score (nSPS) is 11.8. The molecule has 0 saturated carbocycles. The van der Waals surface area contributed by atoms with Gasteiger partial charge in [0, 0.05) is 31.5 Å². The van der Waals surface area contributed by atoms with Crippen molar-refractivity contribution >= 4 is 33.6 Å². The van der Waals surface area contributed by atoms with Gasteiger partial charge in [-0.3, -0.25) is 0 Å². The van der Waals surface area contributed by atoms with Gasteiger partial charge in [0.2, 0.25) is 0 Å². The number of benzene rings is 6. The van der Waals surface area contributed by atoms with Crippen molar-refractivity contribution in [3.8, 4) is 56.2 Å². The zero-order chi connectivity index (χ0) is 34.9. The highest BCUT2D eigenvalue weighted by Crippen LogP contribution is 2.37. The Bertz CT molecular complexity index is 2670. The molecule has 51 heavy (non-hydrogen) atoms. The van der Waals surface area contributed by atoms with Crippen LogP contribution in [0.25, 0.3) is 78.4 Å². The lowest BCUT2D eigenvalue weighted by Crippen LogP contribution is -2.19. The number of thiophene rings is 1. The van der Waals surface area contributed by atoms with Crippen molar-refractivity contribution in [2.24, 2.45) is 0 Å². The van der Waals surface area contributed by atoms with Gasteiger partial charge in [-0.25, -0.2) is 9.97 Å². The fourth-order valence-electron chi connectivity index (χ4n) is 6.84. The Morgan fingerprint density at radius 1 is 0.569 bits per heavy atom. The van der Waals surface area contributed by atoms with Crippen LogP contribution in [-0.2, 0) is 0 Å². The molecule has 0 saturated heterocycles. The van der Waals surface area contributed by atoms with E-state index >= 15 is 0 Å². The molecule has 2 aromatic heterocycles. The standard InChI is InChI=1S/C48H36N2S/c1-5-41(47-32(3)43-22-14-15-23-44(43)51-47)36-26-24-35(25-27-36)39-28-38(34-17-8-6-9-18-34)29-40(30-39)48-49-45(37-19-10-7-11-20-37)33(4)46(50-48)42-21-13-12-16-31(42)2/h5-30H,1,3H2,2,4H3/b47-41-. The molecule has 6 aromatic carbocycles. The lowest BCUT2D eigenvalue weighted by atomic mass is 9.94. The van der Waals surface area contributed by atoms with Gasteiger partial charge in [-0.2, -0.15) is 0 Å². The molecule has 2 heterocycles. The first-order valence-corrected chi connectivity index (χ1v) is 17.9. The summed E-state index contributed by atoms with van der Waals surface area (Å²) in [6.45, 7) is 12.9. The molecule has 0 unspecified atom stereocenters. The number of rotatable bonds is 7. The van der Waals surface area contributed by atoms with Crippen molar-refractivity contribution in [2.45, 2.75) is 13.8 Å². The predicted molar refractivity (Wildman–Crippen MR) is 218 cm³/mol. The fourth-order valence-corrected chi connectivity index (χ4v) is 8.06. The minimum atomic E-state index is 0.698. The van der Waals surface area contributed by atoms with Crippen LogP contribution in [0, 0.1) is 13.8 Å². The molecule has 244 valence electrons. The van der Waals surface area contributed by atoms with Crippen molar-refractivity contribution in [1.82, 2.24) is 9.97 Å². The van der Waals surface area contributed by atoms with E-state index in [9.17, 15) is 0 Å². The minimum Gasteiger partial charge on any atom is -0.228 e. The van der Waals surface area contributed by atoms with Crippen LogP contribution in [0.1, 0.15) is 16.7 Å². The average molecular weight is 673 g/mol. The third kappa shape index (κ3) is 6.14. The average Bonchev–Trinajstić information content (AvgIpc) is 3.51. The van der Waals surface area contributed by atoms with Crippen molar-refractivity contribution in [2.75, 3.05) is 0 Å². The molecular weight excluding hydrogens is 637 g/mol. The van der Waals surface area contributed by atoms with Crippen LogP contribution >= 0.6 is 11.3 Å². The summed E-state index contributed by atoms with van der Waals surface area (Å²) in [5.74, 6) is 0.698. The summed E-state index contributed by atoms with van der Waals surface area (Å²) >= 11 is 1.77. The quantitative estimate of drug-likeness (QED) is 0.168. The van der Waals surface area contributed by atoms with Crippen LogP contribution in [0.4, 0.5) is 0 Å². The molecule has 8 rings (SSSR count). The van der Waals surface area contributed by atoms with Gasteiger partial charge >= 0.3 is 0 Å². The summed E-state index contributed by atoms with van der Waals surface area (Å²) in [6.07, 6.45) is 1.95. The van der Waals surface area contributed by atoms with E-state index in [0.717, 1.165) is 76.8 Å². The molecule has 0 aliphatic carbocycles. The zero-order valence-electron chi connectivity index (χ0n) is 28.7. The lowest BCUT2D eigenvalue weighted by molar-refractivity contribution is 1.14. The molecule has 0 radical (unpaired) electrons. The van der Waals surface area contributed by atoms with Crippen LogP contribution in [0.5, 0.6) is 0 Å². The van der Waals surface area contributed by atoms with Gasteiger partial charge in [0.05, 0.1) is 11.4 Å². The summed E-state index contributed by atoms with van der Waals surface area (Å²) in [6, 6.07) is 53.3. The Balaban J connectivity index is 1.30. The molecule has 0 N–H and O–H groups in total. The van der Waals surface area contributed by atoms with Crippen LogP contribution in [0.2, 0.25) is 0 Å². The monoisotopic (exact) mass is 672 g/mol. The molecule has 0 atom stereocenters. The maximum absolute atomic E-state index is 5.31. The third-order valence-corrected chi connectivity index (χ3v) is 10.8. The van der Waals surface area contributed by atoms with Crippen LogP contribution < -0.4 is 9.75 Å². The largest absolute Gasteiger partial charge is 0.228 e. The number of allylic oxidation sites excluding steroid dienone is 1. The first-order valence-electron chi connectivity index (χ1n) is 17.1. The molecular formula is C48H36N2S. The first-order chi connectivity index (χ1) is 25.0. The van der Waals surface area contributed by atoms with E-state index in [1.807, 2.05) is 12.1 Å². The lowest BCUT2D eigenvalue weighted by Gasteiger charge is -2.16. The molecule has 0 aliphatic rings. The van der Waals surface area contributed by atoms with Gasteiger partial charge in [0.1, 0.15) is 0 Å². The highest BCUT2D eigenvalue weighted by molar-refractivity contribution is 7.17. The third-order valence-electron chi connectivity index (χ3n) is 9.57. The smallest absolute Gasteiger partial charge is 0.160 e. The van der Waals surface area contributed by atoms with E-state index in [-0.39, 0.29) is 0 Å². The van der Waals surface area contributed by atoms with Crippen molar-refractivity contribution < 1.29 is 0 Å². The van der Waals surface area contributed by atoms with E-state index in [0.29, 0.717) is 5.82 Å². The number of aryl methyl sites for hydroxylation is 1. The second-order valence-electron chi connectivity index (χ2n) is 12.8. The summed E-state index contributed by atoms with van der Waals surface area (Å²) in [5, 5.41) is 2.24. The second kappa shape index (κ2) is 13.6. The minimum absolute atomic E-state index is 0.698. The zero-order valence-corrected chi connectivity index (χ0v) is 29.5. The Labute approximate surface area is 303 Å². The number of nitrogens with zero attached hydrogens (tertiary/aromatic N) is 2. The van der Waals surface area contributed by atoms with Gasteiger partial charge in [-0.1, -0.05) is 147 Å². The van der Waals surface area contributed by atoms with Gasteiger partial charge < -0.3 is 0 Å². The number of hydrogen-bond acceptors (Lipinski definition) is 3. The fraction of sp³-hybridized carbons (Fsp3) is 0.0417. The summed E-state index contributed by atoms with van der Waals surface area (Å²) in [7, 11) is 0. The van der Waals surface area contributed by atoms with E-state index in [1.54, 1.807) is 11.3 Å². The SMILES string of the molecule is C=C/C(c1ccc(-c2cc(-c3ccccc3)cc(-c3nc(-c4ccccc4)c(C)c(-c4ccccc4C)n3)c2)cc1)=c1/sc2ccccc2c1=C. The van der Waals surface area contributed by atoms with E-state index in [4.69, 9.17) is 9.97 Å². The highest BCUT2D eigenvalue weighted by atomic mass is 32.1. The Hall–Kier alpha value is -6.16. The van der Waals surface area contributed by atoms with E-state index in [1.165, 1.54) is 15.6 Å². The van der Waals surface area contributed by atoms with Crippen LogP contribution in [0.3, 0.4) is 0 Å². The molecule has 0 fully saturated rings. The summed E-state index contributed by atoms with van der Waals surface area (Å²) in [5.41, 5.74) is 14.0. The number of fused-ring (bicyclic) bond motifs is 1. The van der Waals surface area contributed by atoms with Gasteiger partial charge in [-0.05, 0) is 87.7 Å². The molecule has 8 aromatic rings. The maximum Gasteiger partial charge on any atom is 0.160 e. The van der Waals surface area contributed by atoms with Gasteiger partial charge in [0.25, 0.3) is 0 Å². The summed E-state index contributed by atoms with van der Waals surface area (Å²) < 4.78 is 2.39. The first kappa shape index (κ1) is 32.1. The highest BCUT2D eigenvalue weighted by Gasteiger charge is 2.18. The van der Waals surface area contributed by atoms with E-state index in [2.05, 4.69) is 173 Å². The number of aromatic nitrogens is 2. The Kier molecular flexibility index (Phi) is 8.57. The van der Waals surface area contributed by atoms with Gasteiger partial charge in [-0.15, -0.1) is 11.3 Å². The van der Waals surface area contributed by atoms with Crippen LogP contribution in [-0.4, -0.2) is 9.97 Å².